The van der Waals surface area contributed by atoms with Crippen LogP contribution in [0, 0.1) is 5.82 Å². The second-order valence-corrected chi connectivity index (χ2v) is 3.91. The summed E-state index contributed by atoms with van der Waals surface area (Å²) in [6.07, 6.45) is 1.98. The van der Waals surface area contributed by atoms with E-state index in [1.165, 1.54) is 6.07 Å². The van der Waals surface area contributed by atoms with Gasteiger partial charge in [-0.3, -0.25) is 11.3 Å². The molecule has 0 amide bonds. The summed E-state index contributed by atoms with van der Waals surface area (Å²) in [6, 6.07) is 4.39. The highest BCUT2D eigenvalue weighted by atomic mass is 35.5. The fourth-order valence-corrected chi connectivity index (χ4v) is 1.76. The van der Waals surface area contributed by atoms with Gasteiger partial charge in [-0.15, -0.1) is 0 Å². The van der Waals surface area contributed by atoms with Crippen molar-refractivity contribution >= 4 is 11.6 Å². The van der Waals surface area contributed by atoms with Crippen molar-refractivity contribution in [3.8, 4) is 0 Å². The minimum absolute atomic E-state index is 0.108. The average Bonchev–Trinajstić information content (AvgIpc) is 2.85. The predicted octanol–water partition coefficient (Wildman–Crippen LogP) is 1.34. The van der Waals surface area contributed by atoms with Gasteiger partial charge in [0, 0.05) is 0 Å². The van der Waals surface area contributed by atoms with Crippen LogP contribution in [-0.4, -0.2) is 15.4 Å². The molecule has 90 valence electrons. The molecule has 0 radical (unpaired) electrons. The summed E-state index contributed by atoms with van der Waals surface area (Å²) in [5.41, 5.74) is 3.91. The maximum absolute atomic E-state index is 13.3. The number of rotatable bonds is 4. The van der Waals surface area contributed by atoms with Crippen LogP contribution in [0.1, 0.15) is 17.3 Å². The number of halogens is 2. The van der Waals surface area contributed by atoms with E-state index in [-0.39, 0.29) is 11.1 Å². The van der Waals surface area contributed by atoms with Gasteiger partial charge >= 0.3 is 0 Å². The summed E-state index contributed by atoms with van der Waals surface area (Å²) in [5.74, 6) is 4.99. The first-order chi connectivity index (χ1) is 8.22. The van der Waals surface area contributed by atoms with E-state index in [1.54, 1.807) is 18.3 Å². The minimum atomic E-state index is -0.444. The molecule has 0 aliphatic rings. The third-order valence-corrected chi connectivity index (χ3v) is 2.87. The predicted molar refractivity (Wildman–Crippen MR) is 61.6 cm³/mol. The van der Waals surface area contributed by atoms with Crippen molar-refractivity contribution in [3.05, 3.63) is 46.5 Å². The molecule has 4 N–H and O–H groups in total. The third kappa shape index (κ3) is 2.60. The van der Waals surface area contributed by atoms with Crippen LogP contribution in [0.15, 0.2) is 24.4 Å². The van der Waals surface area contributed by atoms with Crippen molar-refractivity contribution < 1.29 is 4.39 Å². The van der Waals surface area contributed by atoms with Crippen LogP contribution in [0.5, 0.6) is 0 Å². The smallest absolute Gasteiger partial charge is 0.142 e. The van der Waals surface area contributed by atoms with E-state index < -0.39 is 5.82 Å². The number of hydrogen-bond donors (Lipinski definition) is 3. The summed E-state index contributed by atoms with van der Waals surface area (Å²) in [6.45, 7) is 0. The molecule has 0 saturated carbocycles. The maximum Gasteiger partial charge on any atom is 0.142 e. The van der Waals surface area contributed by atoms with E-state index in [4.69, 9.17) is 17.4 Å². The zero-order valence-electron chi connectivity index (χ0n) is 8.82. The van der Waals surface area contributed by atoms with E-state index in [0.717, 1.165) is 0 Å². The largest absolute Gasteiger partial charge is 0.271 e. The highest BCUT2D eigenvalue weighted by molar-refractivity contribution is 6.31. The molecule has 1 unspecified atom stereocenters. The van der Waals surface area contributed by atoms with Crippen LogP contribution in [-0.2, 0) is 6.42 Å². The van der Waals surface area contributed by atoms with Crippen molar-refractivity contribution in [2.24, 2.45) is 5.84 Å². The van der Waals surface area contributed by atoms with Crippen LogP contribution in [0.2, 0.25) is 5.02 Å². The number of benzene rings is 1. The quantitative estimate of drug-likeness (QED) is 0.569. The third-order valence-electron chi connectivity index (χ3n) is 2.45. The lowest BCUT2D eigenvalue weighted by Gasteiger charge is -2.13. The van der Waals surface area contributed by atoms with Crippen molar-refractivity contribution in [3.63, 3.8) is 0 Å². The molecule has 0 saturated heterocycles. The second-order valence-electron chi connectivity index (χ2n) is 3.53. The summed E-state index contributed by atoms with van der Waals surface area (Å²) >= 11 is 5.87. The maximum atomic E-state index is 13.3. The van der Waals surface area contributed by atoms with Gasteiger partial charge in [-0.1, -0.05) is 23.7 Å². The standard InChI is InChI=1S/C10H11ClFN5/c11-10-6(2-1-3-7(10)12)4-8(15-13)9-5-14-17-16-9/h1-3,5,8,15H,4,13H2,(H,14,16,17). The zero-order valence-corrected chi connectivity index (χ0v) is 9.58. The molecule has 17 heavy (non-hydrogen) atoms. The molecule has 5 nitrogen and oxygen atoms in total. The van der Waals surface area contributed by atoms with Crippen LogP contribution >= 0.6 is 11.6 Å². The average molecular weight is 256 g/mol. The molecule has 7 heteroatoms. The number of hydrogen-bond acceptors (Lipinski definition) is 4. The highest BCUT2D eigenvalue weighted by Crippen LogP contribution is 2.24. The monoisotopic (exact) mass is 255 g/mol. The molecular weight excluding hydrogens is 245 g/mol. The molecular formula is C10H11ClFN5. The van der Waals surface area contributed by atoms with Crippen LogP contribution in [0.25, 0.3) is 0 Å². The van der Waals surface area contributed by atoms with Gasteiger partial charge < -0.3 is 0 Å². The summed E-state index contributed by atoms with van der Waals surface area (Å²) in [7, 11) is 0. The summed E-state index contributed by atoms with van der Waals surface area (Å²) in [5, 5.41) is 10.2. The summed E-state index contributed by atoms with van der Waals surface area (Å²) < 4.78 is 13.3. The number of nitrogens with zero attached hydrogens (tertiary/aromatic N) is 2. The van der Waals surface area contributed by atoms with Crippen molar-refractivity contribution in [1.82, 2.24) is 20.8 Å². The van der Waals surface area contributed by atoms with E-state index in [0.29, 0.717) is 17.7 Å². The molecule has 2 rings (SSSR count). The van der Waals surface area contributed by atoms with Gasteiger partial charge in [0.1, 0.15) is 11.5 Å². The fraction of sp³-hybridized carbons (Fsp3) is 0.200. The number of H-pyrrole nitrogens is 1. The van der Waals surface area contributed by atoms with Crippen LogP contribution in [0.3, 0.4) is 0 Å². The Kier molecular flexibility index (Phi) is 3.68. The Balaban J connectivity index is 2.22. The summed E-state index contributed by atoms with van der Waals surface area (Å²) in [4.78, 5) is 0. The first-order valence-electron chi connectivity index (χ1n) is 4.97. The van der Waals surface area contributed by atoms with Crippen molar-refractivity contribution in [1.29, 1.82) is 0 Å². The molecule has 1 aromatic carbocycles. The van der Waals surface area contributed by atoms with Crippen molar-refractivity contribution in [2.45, 2.75) is 12.5 Å². The van der Waals surface area contributed by atoms with E-state index in [9.17, 15) is 4.39 Å². The number of nitrogens with one attached hydrogen (secondary N) is 2. The van der Waals surface area contributed by atoms with Gasteiger partial charge in [-0.25, -0.2) is 4.39 Å². The van der Waals surface area contributed by atoms with E-state index >= 15 is 0 Å². The number of aromatic amines is 1. The zero-order chi connectivity index (χ0) is 12.3. The molecule has 1 aromatic heterocycles. The molecule has 1 atom stereocenters. The second kappa shape index (κ2) is 5.22. The Morgan fingerprint density at radius 3 is 3.00 bits per heavy atom. The Morgan fingerprint density at radius 1 is 1.53 bits per heavy atom. The molecule has 0 bridgehead atoms. The normalized spacial score (nSPS) is 12.6. The molecule has 0 spiro atoms. The Labute approximate surface area is 102 Å². The topological polar surface area (TPSA) is 79.6 Å². The van der Waals surface area contributed by atoms with Crippen LogP contribution < -0.4 is 11.3 Å². The SMILES string of the molecule is NNC(Cc1cccc(F)c1Cl)c1cn[nH]n1. The number of aromatic nitrogens is 3. The number of hydrazine groups is 1. The van der Waals surface area contributed by atoms with Gasteiger partial charge in [-0.05, 0) is 18.1 Å². The first kappa shape index (κ1) is 12.0. The van der Waals surface area contributed by atoms with Gasteiger partial charge in [0.2, 0.25) is 0 Å². The Morgan fingerprint density at radius 2 is 2.35 bits per heavy atom. The van der Waals surface area contributed by atoms with E-state index in [2.05, 4.69) is 20.8 Å². The molecule has 0 fully saturated rings. The lowest BCUT2D eigenvalue weighted by Crippen LogP contribution is -2.30. The molecule has 0 aliphatic carbocycles. The van der Waals surface area contributed by atoms with Gasteiger partial charge in [-0.2, -0.15) is 15.4 Å². The molecule has 0 aliphatic heterocycles. The molecule has 2 aromatic rings. The minimum Gasteiger partial charge on any atom is -0.271 e. The first-order valence-corrected chi connectivity index (χ1v) is 5.35. The number of nitrogens with two attached hydrogens (primary N) is 1. The van der Waals surface area contributed by atoms with Gasteiger partial charge in [0.25, 0.3) is 0 Å². The van der Waals surface area contributed by atoms with E-state index in [1.807, 2.05) is 0 Å². The lowest BCUT2D eigenvalue weighted by atomic mass is 10.0. The van der Waals surface area contributed by atoms with Crippen molar-refractivity contribution in [2.75, 3.05) is 0 Å². The fourth-order valence-electron chi connectivity index (χ4n) is 1.55. The van der Waals surface area contributed by atoms with Gasteiger partial charge in [0.15, 0.2) is 0 Å². The highest BCUT2D eigenvalue weighted by Gasteiger charge is 2.16. The van der Waals surface area contributed by atoms with Crippen LogP contribution in [0.4, 0.5) is 4.39 Å². The van der Waals surface area contributed by atoms with Gasteiger partial charge in [0.05, 0.1) is 17.3 Å². The molecule has 1 heterocycles. The Hall–Kier alpha value is -1.50. The Bertz CT molecular complexity index is 487. The lowest BCUT2D eigenvalue weighted by molar-refractivity contribution is 0.534.